The lowest BCUT2D eigenvalue weighted by molar-refractivity contribution is -0.137. The Bertz CT molecular complexity index is 203. The molecular weight excluding hydrogens is 178 g/mol. The van der Waals surface area contributed by atoms with Gasteiger partial charge >= 0.3 is 5.97 Å². The van der Waals surface area contributed by atoms with E-state index in [0.717, 1.165) is 12.6 Å². The first-order valence-electron chi connectivity index (χ1n) is 5.31. The monoisotopic (exact) mass is 197 g/mol. The van der Waals surface area contributed by atoms with Crippen molar-refractivity contribution in [2.75, 3.05) is 19.7 Å². The number of hydrogen-bond acceptors (Lipinski definition) is 3. The third kappa shape index (κ3) is 3.92. The first-order chi connectivity index (χ1) is 6.77. The number of ether oxygens (including phenoxy) is 1. The van der Waals surface area contributed by atoms with Crippen molar-refractivity contribution in [2.24, 2.45) is 0 Å². The molecule has 1 aliphatic rings. The average molecular weight is 197 g/mol. The van der Waals surface area contributed by atoms with Crippen molar-refractivity contribution in [3.8, 4) is 0 Å². The van der Waals surface area contributed by atoms with E-state index in [4.69, 9.17) is 4.74 Å². The van der Waals surface area contributed by atoms with E-state index in [2.05, 4.69) is 18.4 Å². The fraction of sp³-hybridized carbons (Fsp3) is 0.727. The molecule has 1 aliphatic heterocycles. The number of nitrogens with zero attached hydrogens (tertiary/aromatic N) is 1. The molecule has 0 aliphatic carbocycles. The van der Waals surface area contributed by atoms with Crippen LogP contribution in [0, 0.1) is 0 Å². The van der Waals surface area contributed by atoms with E-state index >= 15 is 0 Å². The molecule has 3 nitrogen and oxygen atoms in total. The lowest BCUT2D eigenvalue weighted by Gasteiger charge is -2.03. The topological polar surface area (TPSA) is 29.3 Å². The Kier molecular flexibility index (Phi) is 4.66. The fourth-order valence-electron chi connectivity index (χ4n) is 1.53. The van der Waals surface area contributed by atoms with Crippen LogP contribution in [0.4, 0.5) is 0 Å². The Morgan fingerprint density at radius 3 is 3.14 bits per heavy atom. The molecule has 0 saturated carbocycles. The van der Waals surface area contributed by atoms with Crippen LogP contribution in [0.15, 0.2) is 12.7 Å². The summed E-state index contributed by atoms with van der Waals surface area (Å²) < 4.78 is 4.90. The quantitative estimate of drug-likeness (QED) is 0.352. The van der Waals surface area contributed by atoms with Gasteiger partial charge < -0.3 is 4.74 Å². The highest BCUT2D eigenvalue weighted by molar-refractivity contribution is 5.81. The van der Waals surface area contributed by atoms with E-state index in [9.17, 15) is 4.79 Å². The largest absolute Gasteiger partial charge is 0.461 e. The smallest absolute Gasteiger partial charge is 0.330 e. The third-order valence-corrected chi connectivity index (χ3v) is 2.51. The number of unbranched alkanes of at least 4 members (excludes halogenated alkanes) is 1. The van der Waals surface area contributed by atoms with Gasteiger partial charge in [0, 0.05) is 25.2 Å². The summed E-state index contributed by atoms with van der Waals surface area (Å²) in [7, 11) is 0. The van der Waals surface area contributed by atoms with Crippen LogP contribution in [0.2, 0.25) is 0 Å². The molecule has 0 spiro atoms. The molecule has 1 heterocycles. The summed E-state index contributed by atoms with van der Waals surface area (Å²) in [5.74, 6) is -0.322. The van der Waals surface area contributed by atoms with Crippen LogP contribution >= 0.6 is 0 Å². The Morgan fingerprint density at radius 1 is 1.71 bits per heavy atom. The van der Waals surface area contributed by atoms with E-state index in [0.29, 0.717) is 6.61 Å². The van der Waals surface area contributed by atoms with Crippen LogP contribution in [0.5, 0.6) is 0 Å². The van der Waals surface area contributed by atoms with Gasteiger partial charge in [0.05, 0.1) is 0 Å². The standard InChI is InChI=1S/C11H19NO2/c1-3-5-6-10-9-12(10)7-8-14-11(13)4-2/h4,10H,2-3,5-9H2,1H3. The average Bonchev–Trinajstić information content (AvgIpc) is 2.93. The first kappa shape index (κ1) is 11.2. The van der Waals surface area contributed by atoms with E-state index < -0.39 is 0 Å². The predicted molar refractivity (Wildman–Crippen MR) is 56.0 cm³/mol. The predicted octanol–water partition coefficient (Wildman–Crippen LogP) is 1.59. The van der Waals surface area contributed by atoms with Crippen molar-refractivity contribution in [2.45, 2.75) is 32.2 Å². The normalized spacial score (nSPS) is 24.4. The molecule has 14 heavy (non-hydrogen) atoms. The van der Waals surface area contributed by atoms with Crippen molar-refractivity contribution < 1.29 is 9.53 Å². The molecule has 1 saturated heterocycles. The van der Waals surface area contributed by atoms with E-state index in [1.165, 1.54) is 31.9 Å². The molecule has 0 N–H and O–H groups in total. The molecule has 3 heteroatoms. The zero-order valence-electron chi connectivity index (χ0n) is 8.87. The molecule has 80 valence electrons. The lowest BCUT2D eigenvalue weighted by atomic mass is 10.2. The maximum absolute atomic E-state index is 10.7. The van der Waals surface area contributed by atoms with Gasteiger partial charge in [-0.3, -0.25) is 4.90 Å². The minimum Gasteiger partial charge on any atom is -0.461 e. The van der Waals surface area contributed by atoms with E-state index in [-0.39, 0.29) is 5.97 Å². The molecule has 2 atom stereocenters. The molecule has 2 unspecified atom stereocenters. The van der Waals surface area contributed by atoms with Gasteiger partial charge in [0.2, 0.25) is 0 Å². The number of carbonyl (C=O) groups is 1. The Morgan fingerprint density at radius 2 is 2.50 bits per heavy atom. The zero-order chi connectivity index (χ0) is 10.4. The van der Waals surface area contributed by atoms with Gasteiger partial charge in [0.15, 0.2) is 0 Å². The van der Waals surface area contributed by atoms with Gasteiger partial charge in [-0.1, -0.05) is 26.3 Å². The minimum atomic E-state index is -0.322. The minimum absolute atomic E-state index is 0.322. The summed E-state index contributed by atoms with van der Waals surface area (Å²) in [6, 6.07) is 0.748. The summed E-state index contributed by atoms with van der Waals surface area (Å²) >= 11 is 0. The van der Waals surface area contributed by atoms with Gasteiger partial charge in [-0.05, 0) is 6.42 Å². The second-order valence-electron chi connectivity index (χ2n) is 3.66. The SMILES string of the molecule is C=CC(=O)OCCN1CC1CCCC. The molecule has 0 aromatic rings. The Balaban J connectivity index is 1.95. The summed E-state index contributed by atoms with van der Waals surface area (Å²) in [5, 5.41) is 0. The summed E-state index contributed by atoms with van der Waals surface area (Å²) in [5.41, 5.74) is 0. The van der Waals surface area contributed by atoms with E-state index in [1.54, 1.807) is 0 Å². The molecule has 0 aromatic carbocycles. The number of carbonyl (C=O) groups excluding carboxylic acids is 1. The van der Waals surface area contributed by atoms with Crippen LogP contribution in [0.3, 0.4) is 0 Å². The molecular formula is C11H19NO2. The highest BCUT2D eigenvalue weighted by Crippen LogP contribution is 2.21. The summed E-state index contributed by atoms with van der Waals surface area (Å²) in [6.45, 7) is 8.08. The van der Waals surface area contributed by atoms with Crippen molar-refractivity contribution >= 4 is 5.97 Å². The molecule has 0 radical (unpaired) electrons. The highest BCUT2D eigenvalue weighted by Gasteiger charge is 2.32. The summed E-state index contributed by atoms with van der Waals surface area (Å²) in [6.07, 6.45) is 5.05. The van der Waals surface area contributed by atoms with Gasteiger partial charge in [0.1, 0.15) is 6.61 Å². The number of esters is 1. The number of rotatable bonds is 7. The molecule has 0 amide bonds. The molecule has 1 rings (SSSR count). The molecule has 0 aromatic heterocycles. The molecule has 0 bridgehead atoms. The zero-order valence-corrected chi connectivity index (χ0v) is 8.87. The van der Waals surface area contributed by atoms with Gasteiger partial charge in [0.25, 0.3) is 0 Å². The van der Waals surface area contributed by atoms with Gasteiger partial charge in [-0.15, -0.1) is 0 Å². The van der Waals surface area contributed by atoms with Crippen molar-refractivity contribution in [3.05, 3.63) is 12.7 Å². The van der Waals surface area contributed by atoms with Gasteiger partial charge in [-0.25, -0.2) is 4.79 Å². The van der Waals surface area contributed by atoms with E-state index in [1.807, 2.05) is 0 Å². The van der Waals surface area contributed by atoms with Crippen molar-refractivity contribution in [1.82, 2.24) is 4.90 Å². The maximum Gasteiger partial charge on any atom is 0.330 e. The van der Waals surface area contributed by atoms with Crippen LogP contribution in [0.25, 0.3) is 0 Å². The van der Waals surface area contributed by atoms with Crippen LogP contribution in [-0.2, 0) is 9.53 Å². The summed E-state index contributed by atoms with van der Waals surface area (Å²) in [4.78, 5) is 13.0. The number of hydrogen-bond donors (Lipinski definition) is 0. The van der Waals surface area contributed by atoms with Crippen molar-refractivity contribution in [3.63, 3.8) is 0 Å². The highest BCUT2D eigenvalue weighted by atomic mass is 16.5. The Labute approximate surface area is 85.7 Å². The lowest BCUT2D eigenvalue weighted by Crippen LogP contribution is -2.13. The van der Waals surface area contributed by atoms with Gasteiger partial charge in [-0.2, -0.15) is 0 Å². The molecule has 1 fully saturated rings. The third-order valence-electron chi connectivity index (χ3n) is 2.51. The first-order valence-corrected chi connectivity index (χ1v) is 5.31. The van der Waals surface area contributed by atoms with Crippen LogP contribution in [0.1, 0.15) is 26.2 Å². The van der Waals surface area contributed by atoms with Crippen molar-refractivity contribution in [1.29, 1.82) is 0 Å². The second-order valence-corrected chi connectivity index (χ2v) is 3.66. The van der Waals surface area contributed by atoms with Crippen LogP contribution < -0.4 is 0 Å². The fourth-order valence-corrected chi connectivity index (χ4v) is 1.53. The Hall–Kier alpha value is -0.830. The second kappa shape index (κ2) is 5.81. The maximum atomic E-state index is 10.7. The van der Waals surface area contributed by atoms with Crippen LogP contribution in [-0.4, -0.2) is 36.6 Å².